The van der Waals surface area contributed by atoms with Gasteiger partial charge < -0.3 is 15.0 Å². The number of esters is 1. The lowest BCUT2D eigenvalue weighted by atomic mass is 10.1. The molecule has 1 fully saturated rings. The molecule has 6 heteroatoms. The van der Waals surface area contributed by atoms with Crippen LogP contribution in [-0.2, 0) is 19.1 Å². The van der Waals surface area contributed by atoms with Gasteiger partial charge in [0.1, 0.15) is 0 Å². The molecule has 1 aromatic carbocycles. The topological polar surface area (TPSA) is 75.7 Å². The molecule has 132 valence electrons. The zero-order valence-corrected chi connectivity index (χ0v) is 14.1. The van der Waals surface area contributed by atoms with Gasteiger partial charge in [-0.3, -0.25) is 14.4 Å². The first kappa shape index (κ1) is 17.2. The molecule has 1 N–H and O–H groups in total. The zero-order valence-electron chi connectivity index (χ0n) is 14.1. The molecule has 1 aromatic rings. The summed E-state index contributed by atoms with van der Waals surface area (Å²) in [4.78, 5) is 37.0. The van der Waals surface area contributed by atoms with Crippen molar-refractivity contribution < 1.29 is 19.1 Å². The summed E-state index contributed by atoms with van der Waals surface area (Å²) in [5.74, 6) is -0.368. The summed E-state index contributed by atoms with van der Waals surface area (Å²) in [5, 5.41) is 2.69. The van der Waals surface area contributed by atoms with Crippen molar-refractivity contribution in [3.8, 4) is 0 Å². The number of benzene rings is 1. The molecule has 0 bridgehead atoms. The molecular formula is C19H22N2O4. The molecule has 1 aliphatic heterocycles. The second kappa shape index (κ2) is 7.96. The number of rotatable bonds is 6. The first-order valence-electron chi connectivity index (χ1n) is 8.64. The van der Waals surface area contributed by atoms with Crippen molar-refractivity contribution >= 4 is 29.2 Å². The highest BCUT2D eigenvalue weighted by Gasteiger charge is 2.21. The standard InChI is InChI=1S/C19H22N2O4/c22-17(13-25-19(24)12-14-4-1-2-5-14)20-15-7-9-16(10-8-15)21-11-3-6-18(21)23/h1,4,7-10,14H,2-3,5-6,11-13H2,(H,20,22)/t14-/m1/s1. The molecule has 0 unspecified atom stereocenters. The molecule has 1 aliphatic carbocycles. The van der Waals surface area contributed by atoms with Crippen LogP contribution in [0.4, 0.5) is 11.4 Å². The van der Waals surface area contributed by atoms with Crippen LogP contribution in [0.15, 0.2) is 36.4 Å². The van der Waals surface area contributed by atoms with Gasteiger partial charge in [-0.05, 0) is 49.4 Å². The van der Waals surface area contributed by atoms with Crippen LogP contribution in [0.3, 0.4) is 0 Å². The number of allylic oxidation sites excluding steroid dienone is 2. The summed E-state index contributed by atoms with van der Waals surface area (Å²) in [7, 11) is 0. The number of anilines is 2. The van der Waals surface area contributed by atoms with E-state index in [-0.39, 0.29) is 30.3 Å². The lowest BCUT2D eigenvalue weighted by Crippen LogP contribution is -2.24. The average molecular weight is 342 g/mol. The van der Waals surface area contributed by atoms with Crippen molar-refractivity contribution in [2.75, 3.05) is 23.4 Å². The van der Waals surface area contributed by atoms with Crippen molar-refractivity contribution in [3.05, 3.63) is 36.4 Å². The van der Waals surface area contributed by atoms with Crippen LogP contribution < -0.4 is 10.2 Å². The quantitative estimate of drug-likeness (QED) is 0.637. The fraction of sp³-hybridized carbons (Fsp3) is 0.421. The SMILES string of the molecule is O=C(COC(=O)C[C@@H]1C=CCC1)Nc1ccc(N2CCCC2=O)cc1. The summed E-state index contributed by atoms with van der Waals surface area (Å²) in [6.07, 6.45) is 7.82. The van der Waals surface area contributed by atoms with E-state index in [0.717, 1.165) is 31.5 Å². The molecule has 0 aromatic heterocycles. The van der Waals surface area contributed by atoms with Gasteiger partial charge in [0.25, 0.3) is 5.91 Å². The summed E-state index contributed by atoms with van der Waals surface area (Å²) < 4.78 is 5.02. The number of hydrogen-bond donors (Lipinski definition) is 1. The lowest BCUT2D eigenvalue weighted by Gasteiger charge is -2.16. The minimum absolute atomic E-state index is 0.126. The Balaban J connectivity index is 1.43. The van der Waals surface area contributed by atoms with E-state index in [0.29, 0.717) is 18.5 Å². The maximum absolute atomic E-state index is 11.9. The Hall–Kier alpha value is -2.63. The molecule has 0 saturated carbocycles. The highest BCUT2D eigenvalue weighted by Crippen LogP contribution is 2.23. The number of amides is 2. The van der Waals surface area contributed by atoms with Gasteiger partial charge in [-0.2, -0.15) is 0 Å². The van der Waals surface area contributed by atoms with Gasteiger partial charge in [0.05, 0.1) is 6.42 Å². The molecule has 0 radical (unpaired) electrons. The molecular weight excluding hydrogens is 320 g/mol. The maximum atomic E-state index is 11.9. The van der Waals surface area contributed by atoms with Crippen molar-refractivity contribution in [2.24, 2.45) is 5.92 Å². The van der Waals surface area contributed by atoms with E-state index >= 15 is 0 Å². The molecule has 6 nitrogen and oxygen atoms in total. The van der Waals surface area contributed by atoms with E-state index in [9.17, 15) is 14.4 Å². The van der Waals surface area contributed by atoms with Crippen molar-refractivity contribution in [1.82, 2.24) is 0 Å². The van der Waals surface area contributed by atoms with E-state index in [4.69, 9.17) is 4.74 Å². The lowest BCUT2D eigenvalue weighted by molar-refractivity contribution is -0.147. The number of carbonyl (C=O) groups is 3. The third kappa shape index (κ3) is 4.68. The highest BCUT2D eigenvalue weighted by molar-refractivity contribution is 5.96. The van der Waals surface area contributed by atoms with Crippen LogP contribution in [0.5, 0.6) is 0 Å². The van der Waals surface area contributed by atoms with Crippen molar-refractivity contribution in [2.45, 2.75) is 32.1 Å². The summed E-state index contributed by atoms with van der Waals surface area (Å²) in [5.41, 5.74) is 1.44. The van der Waals surface area contributed by atoms with Crippen LogP contribution in [0.2, 0.25) is 0 Å². The Kier molecular flexibility index (Phi) is 5.48. The Morgan fingerprint density at radius 3 is 2.68 bits per heavy atom. The third-order valence-corrected chi connectivity index (χ3v) is 4.44. The fourth-order valence-electron chi connectivity index (χ4n) is 3.13. The largest absolute Gasteiger partial charge is 0.456 e. The van der Waals surface area contributed by atoms with E-state index < -0.39 is 0 Å². The number of carbonyl (C=O) groups excluding carboxylic acids is 3. The van der Waals surface area contributed by atoms with E-state index in [1.165, 1.54) is 0 Å². The molecule has 1 saturated heterocycles. The van der Waals surface area contributed by atoms with Gasteiger partial charge in [-0.15, -0.1) is 0 Å². The smallest absolute Gasteiger partial charge is 0.306 e. The molecule has 1 atom stereocenters. The molecule has 2 amide bonds. The predicted molar refractivity (Wildman–Crippen MR) is 94.1 cm³/mol. The number of ether oxygens (including phenoxy) is 1. The van der Waals surface area contributed by atoms with Crippen LogP contribution in [-0.4, -0.2) is 30.9 Å². The van der Waals surface area contributed by atoms with Crippen molar-refractivity contribution in [1.29, 1.82) is 0 Å². The van der Waals surface area contributed by atoms with Gasteiger partial charge in [-0.25, -0.2) is 0 Å². The second-order valence-corrected chi connectivity index (χ2v) is 6.37. The zero-order chi connectivity index (χ0) is 17.6. The summed E-state index contributed by atoms with van der Waals surface area (Å²) in [6, 6.07) is 7.09. The molecule has 0 spiro atoms. The number of nitrogens with one attached hydrogen (secondary N) is 1. The first-order valence-corrected chi connectivity index (χ1v) is 8.64. The van der Waals surface area contributed by atoms with Gasteiger partial charge in [-0.1, -0.05) is 12.2 Å². The molecule has 2 aliphatic rings. The van der Waals surface area contributed by atoms with E-state index in [1.807, 2.05) is 6.08 Å². The maximum Gasteiger partial charge on any atom is 0.306 e. The van der Waals surface area contributed by atoms with E-state index in [2.05, 4.69) is 11.4 Å². The van der Waals surface area contributed by atoms with Crippen LogP contribution >= 0.6 is 0 Å². The van der Waals surface area contributed by atoms with Gasteiger partial charge in [0.15, 0.2) is 6.61 Å². The minimum atomic E-state index is -0.375. The fourth-order valence-corrected chi connectivity index (χ4v) is 3.13. The number of nitrogens with zero attached hydrogens (tertiary/aromatic N) is 1. The van der Waals surface area contributed by atoms with E-state index in [1.54, 1.807) is 29.2 Å². The Morgan fingerprint density at radius 1 is 1.24 bits per heavy atom. The highest BCUT2D eigenvalue weighted by atomic mass is 16.5. The molecule has 1 heterocycles. The average Bonchev–Trinajstić information content (AvgIpc) is 3.25. The Morgan fingerprint density at radius 2 is 2.04 bits per heavy atom. The van der Waals surface area contributed by atoms with Gasteiger partial charge >= 0.3 is 5.97 Å². The summed E-state index contributed by atoms with van der Waals surface area (Å²) >= 11 is 0. The Bertz CT molecular complexity index is 681. The number of hydrogen-bond acceptors (Lipinski definition) is 4. The molecule has 3 rings (SSSR count). The Labute approximate surface area is 146 Å². The van der Waals surface area contributed by atoms with Crippen LogP contribution in [0, 0.1) is 5.92 Å². The van der Waals surface area contributed by atoms with Gasteiger partial charge in [0.2, 0.25) is 5.91 Å². The second-order valence-electron chi connectivity index (χ2n) is 6.37. The van der Waals surface area contributed by atoms with Gasteiger partial charge in [0, 0.05) is 24.3 Å². The van der Waals surface area contributed by atoms with Crippen LogP contribution in [0.1, 0.15) is 32.1 Å². The third-order valence-electron chi connectivity index (χ3n) is 4.44. The first-order chi connectivity index (χ1) is 12.1. The summed E-state index contributed by atoms with van der Waals surface area (Å²) in [6.45, 7) is 0.443. The van der Waals surface area contributed by atoms with Crippen LogP contribution in [0.25, 0.3) is 0 Å². The predicted octanol–water partition coefficient (Wildman–Crippen LogP) is 2.65. The monoisotopic (exact) mass is 342 g/mol. The van der Waals surface area contributed by atoms with Crippen molar-refractivity contribution in [3.63, 3.8) is 0 Å². The normalized spacial score (nSPS) is 19.3. The minimum Gasteiger partial charge on any atom is -0.456 e. The molecule has 25 heavy (non-hydrogen) atoms.